The lowest BCUT2D eigenvalue weighted by Gasteiger charge is -2.24. The minimum Gasteiger partial charge on any atom is -0.454 e. The fraction of sp³-hybridized carbons (Fsp3) is 0.300. The van der Waals surface area contributed by atoms with E-state index in [4.69, 9.17) is 9.47 Å². The first-order valence-corrected chi connectivity index (χ1v) is 8.68. The van der Waals surface area contributed by atoms with Crippen LogP contribution in [0.2, 0.25) is 0 Å². The predicted molar refractivity (Wildman–Crippen MR) is 98.3 cm³/mol. The van der Waals surface area contributed by atoms with Crippen molar-refractivity contribution in [2.75, 3.05) is 19.9 Å². The van der Waals surface area contributed by atoms with Crippen LogP contribution in [0.15, 0.2) is 48.5 Å². The third-order valence-electron chi connectivity index (χ3n) is 4.34. The molecule has 0 saturated carbocycles. The van der Waals surface area contributed by atoms with Gasteiger partial charge in [0.15, 0.2) is 11.5 Å². The Balaban J connectivity index is 1.48. The Kier molecular flexibility index (Phi) is 5.61. The summed E-state index contributed by atoms with van der Waals surface area (Å²) in [6.07, 6.45) is 0.634. The normalized spacial score (nSPS) is 14.3. The molecule has 142 valence electrons. The Morgan fingerprint density at radius 3 is 2.52 bits per heavy atom. The van der Waals surface area contributed by atoms with Gasteiger partial charge in [0.1, 0.15) is 5.60 Å². The number of benzene rings is 2. The second kappa shape index (κ2) is 8.09. The number of rotatable bonds is 6. The van der Waals surface area contributed by atoms with Gasteiger partial charge < -0.3 is 25.2 Å². The molecule has 2 amide bonds. The van der Waals surface area contributed by atoms with Gasteiger partial charge in [0.05, 0.1) is 6.54 Å². The van der Waals surface area contributed by atoms with Gasteiger partial charge in [-0.25, -0.2) is 0 Å². The number of aliphatic hydroxyl groups is 1. The standard InChI is InChI=1S/C20H22N2O5/c1-20(25,15-7-8-16-17(11-15)27-13-26-16)12-22-19(24)18(23)21-10-9-14-5-3-2-4-6-14/h2-8,11,25H,9-10,12-13H2,1H3,(H,21,23)(H,22,24). The zero-order valence-corrected chi connectivity index (χ0v) is 15.0. The first kappa shape index (κ1) is 18.7. The fourth-order valence-electron chi connectivity index (χ4n) is 2.71. The van der Waals surface area contributed by atoms with Crippen LogP contribution in [-0.2, 0) is 21.6 Å². The number of carbonyl (C=O) groups is 2. The van der Waals surface area contributed by atoms with E-state index in [-0.39, 0.29) is 13.3 Å². The fourth-order valence-corrected chi connectivity index (χ4v) is 2.71. The van der Waals surface area contributed by atoms with Gasteiger partial charge in [-0.2, -0.15) is 0 Å². The SMILES string of the molecule is CC(O)(CNC(=O)C(=O)NCCc1ccccc1)c1ccc2c(c1)OCO2. The van der Waals surface area contributed by atoms with Crippen LogP contribution < -0.4 is 20.1 Å². The molecule has 7 nitrogen and oxygen atoms in total. The molecule has 1 heterocycles. The maximum atomic E-state index is 12.0. The van der Waals surface area contributed by atoms with Crippen molar-refractivity contribution >= 4 is 11.8 Å². The Morgan fingerprint density at radius 2 is 1.74 bits per heavy atom. The van der Waals surface area contributed by atoms with Crippen molar-refractivity contribution in [2.45, 2.75) is 18.9 Å². The van der Waals surface area contributed by atoms with Gasteiger partial charge in [-0.1, -0.05) is 36.4 Å². The molecule has 3 N–H and O–H groups in total. The second-order valence-electron chi connectivity index (χ2n) is 6.52. The molecule has 2 aromatic carbocycles. The second-order valence-corrected chi connectivity index (χ2v) is 6.52. The van der Waals surface area contributed by atoms with Gasteiger partial charge in [-0.15, -0.1) is 0 Å². The van der Waals surface area contributed by atoms with Gasteiger partial charge >= 0.3 is 11.8 Å². The van der Waals surface area contributed by atoms with Crippen LogP contribution >= 0.6 is 0 Å². The number of hydrogen-bond donors (Lipinski definition) is 3. The summed E-state index contributed by atoms with van der Waals surface area (Å²) < 4.78 is 10.5. The lowest BCUT2D eigenvalue weighted by atomic mass is 9.95. The molecular formula is C20H22N2O5. The predicted octanol–water partition coefficient (Wildman–Crippen LogP) is 1.10. The van der Waals surface area contributed by atoms with E-state index >= 15 is 0 Å². The summed E-state index contributed by atoms with van der Waals surface area (Å²) in [5.74, 6) is -0.370. The van der Waals surface area contributed by atoms with E-state index in [9.17, 15) is 14.7 Å². The number of ether oxygens (including phenoxy) is 2. The smallest absolute Gasteiger partial charge is 0.309 e. The van der Waals surface area contributed by atoms with Crippen LogP contribution in [0.4, 0.5) is 0 Å². The van der Waals surface area contributed by atoms with Crippen molar-refractivity contribution in [3.05, 3.63) is 59.7 Å². The molecule has 0 saturated heterocycles. The lowest BCUT2D eigenvalue weighted by Crippen LogP contribution is -2.45. The quantitative estimate of drug-likeness (QED) is 0.662. The van der Waals surface area contributed by atoms with Crippen molar-refractivity contribution < 1.29 is 24.2 Å². The molecule has 0 bridgehead atoms. The number of carbonyl (C=O) groups excluding carboxylic acids is 2. The van der Waals surface area contributed by atoms with E-state index in [0.29, 0.717) is 30.0 Å². The van der Waals surface area contributed by atoms with Crippen molar-refractivity contribution in [3.8, 4) is 11.5 Å². The average Bonchev–Trinajstić information content (AvgIpc) is 3.14. The van der Waals surface area contributed by atoms with Crippen molar-refractivity contribution in [2.24, 2.45) is 0 Å². The highest BCUT2D eigenvalue weighted by Gasteiger charge is 2.27. The Bertz CT molecular complexity index is 820. The lowest BCUT2D eigenvalue weighted by molar-refractivity contribution is -0.139. The number of fused-ring (bicyclic) bond motifs is 1. The molecule has 0 spiro atoms. The summed E-state index contributed by atoms with van der Waals surface area (Å²) in [5, 5.41) is 15.7. The zero-order valence-electron chi connectivity index (χ0n) is 15.0. The topological polar surface area (TPSA) is 96.9 Å². The highest BCUT2D eigenvalue weighted by atomic mass is 16.7. The summed E-state index contributed by atoms with van der Waals surface area (Å²) in [7, 11) is 0. The summed E-state index contributed by atoms with van der Waals surface area (Å²) in [5.41, 5.74) is 0.265. The van der Waals surface area contributed by atoms with E-state index in [2.05, 4.69) is 10.6 Å². The van der Waals surface area contributed by atoms with Crippen LogP contribution in [0.5, 0.6) is 11.5 Å². The molecule has 0 radical (unpaired) electrons. The summed E-state index contributed by atoms with van der Waals surface area (Å²) in [4.78, 5) is 23.9. The highest BCUT2D eigenvalue weighted by Crippen LogP contribution is 2.35. The monoisotopic (exact) mass is 370 g/mol. The van der Waals surface area contributed by atoms with Gasteiger partial charge in [-0.05, 0) is 36.6 Å². The molecule has 27 heavy (non-hydrogen) atoms. The Labute approximate surface area is 157 Å². The van der Waals surface area contributed by atoms with Crippen LogP contribution in [0.3, 0.4) is 0 Å². The van der Waals surface area contributed by atoms with E-state index in [1.807, 2.05) is 30.3 Å². The van der Waals surface area contributed by atoms with Gasteiger partial charge in [-0.3, -0.25) is 9.59 Å². The molecule has 1 unspecified atom stereocenters. The average molecular weight is 370 g/mol. The third kappa shape index (κ3) is 4.77. The van der Waals surface area contributed by atoms with Crippen LogP contribution in [0, 0.1) is 0 Å². The minimum absolute atomic E-state index is 0.114. The molecule has 1 aliphatic heterocycles. The van der Waals surface area contributed by atoms with Crippen LogP contribution in [0.1, 0.15) is 18.1 Å². The molecule has 1 aliphatic rings. The maximum absolute atomic E-state index is 12.0. The molecular weight excluding hydrogens is 348 g/mol. The van der Waals surface area contributed by atoms with Crippen LogP contribution in [-0.4, -0.2) is 36.8 Å². The highest BCUT2D eigenvalue weighted by molar-refractivity contribution is 6.35. The van der Waals surface area contributed by atoms with Crippen molar-refractivity contribution in [1.29, 1.82) is 0 Å². The Morgan fingerprint density at radius 1 is 1.04 bits per heavy atom. The van der Waals surface area contributed by atoms with E-state index < -0.39 is 17.4 Å². The molecule has 1 atom stereocenters. The zero-order chi connectivity index (χ0) is 19.3. The van der Waals surface area contributed by atoms with E-state index in [1.165, 1.54) is 0 Å². The van der Waals surface area contributed by atoms with E-state index in [0.717, 1.165) is 5.56 Å². The van der Waals surface area contributed by atoms with Gasteiger partial charge in [0, 0.05) is 6.54 Å². The largest absolute Gasteiger partial charge is 0.454 e. The van der Waals surface area contributed by atoms with Crippen molar-refractivity contribution in [3.63, 3.8) is 0 Å². The molecule has 0 aromatic heterocycles. The van der Waals surface area contributed by atoms with Crippen molar-refractivity contribution in [1.82, 2.24) is 10.6 Å². The third-order valence-corrected chi connectivity index (χ3v) is 4.34. The molecule has 0 aliphatic carbocycles. The first-order chi connectivity index (χ1) is 13.0. The Hall–Kier alpha value is -3.06. The molecule has 0 fully saturated rings. The number of amides is 2. The molecule has 7 heteroatoms. The van der Waals surface area contributed by atoms with E-state index in [1.54, 1.807) is 25.1 Å². The van der Waals surface area contributed by atoms with Gasteiger partial charge in [0.25, 0.3) is 0 Å². The number of nitrogens with one attached hydrogen (secondary N) is 2. The van der Waals surface area contributed by atoms with Crippen LogP contribution in [0.25, 0.3) is 0 Å². The summed E-state index contributed by atoms with van der Waals surface area (Å²) >= 11 is 0. The summed E-state index contributed by atoms with van der Waals surface area (Å²) in [6, 6.07) is 14.7. The minimum atomic E-state index is -1.36. The van der Waals surface area contributed by atoms with Gasteiger partial charge in [0.2, 0.25) is 6.79 Å². The molecule has 2 aromatic rings. The maximum Gasteiger partial charge on any atom is 0.309 e. The number of hydrogen-bond acceptors (Lipinski definition) is 5. The first-order valence-electron chi connectivity index (χ1n) is 8.68. The summed E-state index contributed by atoms with van der Waals surface area (Å²) in [6.45, 7) is 1.94. The molecule has 3 rings (SSSR count).